The number of pyridine rings is 1. The molecule has 5 nitrogen and oxygen atoms in total. The second-order valence-corrected chi connectivity index (χ2v) is 4.55. The van der Waals surface area contributed by atoms with Gasteiger partial charge in [-0.25, -0.2) is 4.98 Å². The Labute approximate surface area is 111 Å². The lowest BCUT2D eigenvalue weighted by Gasteiger charge is -2.15. The smallest absolute Gasteiger partial charge is 0.203 e. The van der Waals surface area contributed by atoms with Crippen LogP contribution >= 0.6 is 0 Å². The Balaban J connectivity index is 1.87. The molecule has 2 aromatic heterocycles. The number of hydrogen-bond acceptors (Lipinski definition) is 4. The fourth-order valence-electron chi connectivity index (χ4n) is 2.03. The Bertz CT molecular complexity index is 689. The highest BCUT2D eigenvalue weighted by atomic mass is 15.2. The Morgan fingerprint density at radius 3 is 2.79 bits per heavy atom. The highest BCUT2D eigenvalue weighted by Crippen LogP contribution is 2.19. The largest absolute Gasteiger partial charge is 0.399 e. The average Bonchev–Trinajstić information content (AvgIpc) is 2.83. The van der Waals surface area contributed by atoms with Crippen LogP contribution in [0.15, 0.2) is 42.7 Å². The molecule has 3 N–H and O–H groups in total. The minimum Gasteiger partial charge on any atom is -0.399 e. The van der Waals surface area contributed by atoms with Gasteiger partial charge in [0.05, 0.1) is 11.0 Å². The van der Waals surface area contributed by atoms with Crippen molar-refractivity contribution in [2.75, 3.05) is 17.7 Å². The summed E-state index contributed by atoms with van der Waals surface area (Å²) in [6.07, 6.45) is 3.59. The van der Waals surface area contributed by atoms with Crippen LogP contribution in [-0.2, 0) is 6.54 Å². The van der Waals surface area contributed by atoms with Gasteiger partial charge in [0, 0.05) is 31.7 Å². The molecule has 0 bridgehead atoms. The Morgan fingerprint density at radius 2 is 2.00 bits per heavy atom. The number of aromatic nitrogens is 3. The molecule has 19 heavy (non-hydrogen) atoms. The van der Waals surface area contributed by atoms with Crippen LogP contribution in [-0.4, -0.2) is 22.0 Å². The van der Waals surface area contributed by atoms with Crippen molar-refractivity contribution in [2.24, 2.45) is 0 Å². The van der Waals surface area contributed by atoms with Gasteiger partial charge in [0.2, 0.25) is 5.95 Å². The van der Waals surface area contributed by atoms with E-state index in [-0.39, 0.29) is 0 Å². The van der Waals surface area contributed by atoms with Gasteiger partial charge in [-0.3, -0.25) is 4.98 Å². The number of rotatable bonds is 3. The SMILES string of the molecule is CN(Cc1ccncc1)c1nc2ccc(N)cc2[nH]1. The van der Waals surface area contributed by atoms with E-state index in [0.29, 0.717) is 0 Å². The fraction of sp³-hybridized carbons (Fsp3) is 0.143. The number of nitrogens with one attached hydrogen (secondary N) is 1. The third-order valence-electron chi connectivity index (χ3n) is 3.02. The Kier molecular flexibility index (Phi) is 2.79. The van der Waals surface area contributed by atoms with E-state index in [0.717, 1.165) is 29.2 Å². The van der Waals surface area contributed by atoms with Gasteiger partial charge in [0.1, 0.15) is 0 Å². The zero-order chi connectivity index (χ0) is 13.2. The van der Waals surface area contributed by atoms with Crippen LogP contribution in [0.4, 0.5) is 11.6 Å². The van der Waals surface area contributed by atoms with Gasteiger partial charge in [-0.05, 0) is 35.9 Å². The molecule has 0 aliphatic carbocycles. The lowest BCUT2D eigenvalue weighted by molar-refractivity contribution is 0.882. The number of aromatic amines is 1. The summed E-state index contributed by atoms with van der Waals surface area (Å²) in [5.74, 6) is 0.831. The van der Waals surface area contributed by atoms with Crippen LogP contribution in [0, 0.1) is 0 Å². The molecule has 0 amide bonds. The number of fused-ring (bicyclic) bond motifs is 1. The number of nitrogens with two attached hydrogens (primary N) is 1. The zero-order valence-electron chi connectivity index (χ0n) is 10.7. The monoisotopic (exact) mass is 253 g/mol. The fourth-order valence-corrected chi connectivity index (χ4v) is 2.03. The van der Waals surface area contributed by atoms with Gasteiger partial charge in [0.25, 0.3) is 0 Å². The van der Waals surface area contributed by atoms with Crippen LogP contribution in [0.1, 0.15) is 5.56 Å². The van der Waals surface area contributed by atoms with Crippen molar-refractivity contribution in [1.29, 1.82) is 0 Å². The van der Waals surface area contributed by atoms with E-state index in [9.17, 15) is 0 Å². The first-order valence-electron chi connectivity index (χ1n) is 6.07. The van der Waals surface area contributed by atoms with E-state index in [1.54, 1.807) is 12.4 Å². The molecule has 0 radical (unpaired) electrons. The molecule has 96 valence electrons. The molecule has 0 aliphatic rings. The van der Waals surface area contributed by atoms with Crippen LogP contribution in [0.3, 0.4) is 0 Å². The number of imidazole rings is 1. The predicted molar refractivity (Wildman–Crippen MR) is 76.9 cm³/mol. The molecule has 1 aromatic carbocycles. The molecule has 0 saturated heterocycles. The van der Waals surface area contributed by atoms with E-state index in [2.05, 4.69) is 19.9 Å². The zero-order valence-corrected chi connectivity index (χ0v) is 10.7. The van der Waals surface area contributed by atoms with E-state index in [1.165, 1.54) is 5.56 Å². The second-order valence-electron chi connectivity index (χ2n) is 4.55. The minimum atomic E-state index is 0.736. The standard InChI is InChI=1S/C14H15N5/c1-19(9-10-4-6-16-7-5-10)14-17-12-3-2-11(15)8-13(12)18-14/h2-8H,9,15H2,1H3,(H,17,18). The van der Waals surface area contributed by atoms with Crippen molar-refractivity contribution < 1.29 is 0 Å². The average molecular weight is 253 g/mol. The maximum absolute atomic E-state index is 5.76. The van der Waals surface area contributed by atoms with Crippen LogP contribution in [0.5, 0.6) is 0 Å². The summed E-state index contributed by atoms with van der Waals surface area (Å²) in [5, 5.41) is 0. The Hall–Kier alpha value is -2.56. The highest BCUT2D eigenvalue weighted by Gasteiger charge is 2.08. The first-order valence-corrected chi connectivity index (χ1v) is 6.07. The number of nitrogens with zero attached hydrogens (tertiary/aromatic N) is 3. The predicted octanol–water partition coefficient (Wildman–Crippen LogP) is 2.18. The van der Waals surface area contributed by atoms with E-state index in [4.69, 9.17) is 5.73 Å². The van der Waals surface area contributed by atoms with Crippen LogP contribution < -0.4 is 10.6 Å². The van der Waals surface area contributed by atoms with Crippen molar-refractivity contribution in [3.8, 4) is 0 Å². The van der Waals surface area contributed by atoms with Gasteiger partial charge in [-0.2, -0.15) is 0 Å². The van der Waals surface area contributed by atoms with Crippen LogP contribution in [0.25, 0.3) is 11.0 Å². The number of nitrogen functional groups attached to an aromatic ring is 1. The molecule has 3 rings (SSSR count). The molecular formula is C14H15N5. The molecule has 2 heterocycles. The summed E-state index contributed by atoms with van der Waals surface area (Å²) in [6.45, 7) is 0.776. The van der Waals surface area contributed by atoms with Gasteiger partial charge < -0.3 is 15.6 Å². The van der Waals surface area contributed by atoms with Crippen molar-refractivity contribution in [2.45, 2.75) is 6.54 Å². The van der Waals surface area contributed by atoms with Crippen molar-refractivity contribution in [1.82, 2.24) is 15.0 Å². The second kappa shape index (κ2) is 4.61. The van der Waals surface area contributed by atoms with E-state index < -0.39 is 0 Å². The molecule has 0 saturated carbocycles. The topological polar surface area (TPSA) is 70.8 Å². The number of H-pyrrole nitrogens is 1. The van der Waals surface area contributed by atoms with Crippen molar-refractivity contribution in [3.63, 3.8) is 0 Å². The summed E-state index contributed by atoms with van der Waals surface area (Å²) in [4.78, 5) is 13.9. The Morgan fingerprint density at radius 1 is 1.21 bits per heavy atom. The van der Waals surface area contributed by atoms with Gasteiger partial charge in [-0.15, -0.1) is 0 Å². The van der Waals surface area contributed by atoms with Gasteiger partial charge in [-0.1, -0.05) is 0 Å². The number of hydrogen-bond donors (Lipinski definition) is 2. The van der Waals surface area contributed by atoms with Gasteiger partial charge >= 0.3 is 0 Å². The molecule has 0 atom stereocenters. The molecule has 0 aliphatic heterocycles. The highest BCUT2D eigenvalue weighted by molar-refractivity contribution is 5.80. The quantitative estimate of drug-likeness (QED) is 0.702. The van der Waals surface area contributed by atoms with Crippen molar-refractivity contribution in [3.05, 3.63) is 48.3 Å². The first kappa shape index (κ1) is 11.5. The molecule has 0 fully saturated rings. The summed E-state index contributed by atoms with van der Waals surface area (Å²) in [5.41, 5.74) is 9.57. The molecule has 0 unspecified atom stereocenters. The maximum atomic E-state index is 5.76. The molecule has 3 aromatic rings. The van der Waals surface area contributed by atoms with Gasteiger partial charge in [0.15, 0.2) is 0 Å². The summed E-state index contributed by atoms with van der Waals surface area (Å²) < 4.78 is 0. The number of benzene rings is 1. The summed E-state index contributed by atoms with van der Waals surface area (Å²) >= 11 is 0. The summed E-state index contributed by atoms with van der Waals surface area (Å²) in [6, 6.07) is 9.67. The molecular weight excluding hydrogens is 238 g/mol. The third-order valence-corrected chi connectivity index (χ3v) is 3.02. The molecule has 5 heteroatoms. The normalized spacial score (nSPS) is 10.8. The first-order chi connectivity index (χ1) is 9.22. The van der Waals surface area contributed by atoms with E-state index >= 15 is 0 Å². The maximum Gasteiger partial charge on any atom is 0.203 e. The lowest BCUT2D eigenvalue weighted by atomic mass is 10.2. The molecule has 0 spiro atoms. The lowest BCUT2D eigenvalue weighted by Crippen LogP contribution is -2.17. The van der Waals surface area contributed by atoms with Crippen LogP contribution in [0.2, 0.25) is 0 Å². The minimum absolute atomic E-state index is 0.736. The third kappa shape index (κ3) is 2.35. The number of anilines is 2. The van der Waals surface area contributed by atoms with Crippen molar-refractivity contribution >= 4 is 22.7 Å². The summed E-state index contributed by atoms with van der Waals surface area (Å²) in [7, 11) is 2.00. The van der Waals surface area contributed by atoms with E-state index in [1.807, 2.05) is 37.4 Å².